The van der Waals surface area contributed by atoms with Crippen molar-refractivity contribution in [3.05, 3.63) is 0 Å². The standard InChI is InChI=1S/C12H22S/c1-9-3-2-4-12(9)11-6-5-10(7-11)8-13/h9-13H,2-8H2,1H3. The Morgan fingerprint density at radius 2 is 2.00 bits per heavy atom. The maximum Gasteiger partial charge on any atom is -0.00694 e. The van der Waals surface area contributed by atoms with Gasteiger partial charge in [0, 0.05) is 0 Å². The van der Waals surface area contributed by atoms with Gasteiger partial charge in [0.15, 0.2) is 0 Å². The van der Waals surface area contributed by atoms with Gasteiger partial charge in [0.25, 0.3) is 0 Å². The first-order chi connectivity index (χ1) is 6.31. The Kier molecular flexibility index (Phi) is 3.23. The molecule has 0 saturated heterocycles. The van der Waals surface area contributed by atoms with Gasteiger partial charge in [-0.1, -0.05) is 19.8 Å². The lowest BCUT2D eigenvalue weighted by Gasteiger charge is -2.22. The van der Waals surface area contributed by atoms with E-state index < -0.39 is 0 Å². The minimum atomic E-state index is 0.945. The van der Waals surface area contributed by atoms with Crippen LogP contribution in [0.4, 0.5) is 0 Å². The van der Waals surface area contributed by atoms with Crippen LogP contribution in [0.15, 0.2) is 0 Å². The maximum atomic E-state index is 4.42. The molecule has 2 aliphatic rings. The van der Waals surface area contributed by atoms with Crippen molar-refractivity contribution in [3.8, 4) is 0 Å². The Morgan fingerprint density at radius 1 is 1.15 bits per heavy atom. The molecule has 4 atom stereocenters. The summed E-state index contributed by atoms with van der Waals surface area (Å²) >= 11 is 4.42. The second-order valence-corrected chi connectivity index (χ2v) is 5.56. The zero-order valence-electron chi connectivity index (χ0n) is 8.71. The Hall–Kier alpha value is 0.350. The predicted molar refractivity (Wildman–Crippen MR) is 61.2 cm³/mol. The third-order valence-electron chi connectivity index (χ3n) is 4.37. The molecular weight excluding hydrogens is 176 g/mol. The van der Waals surface area contributed by atoms with Crippen LogP contribution in [0.3, 0.4) is 0 Å². The van der Waals surface area contributed by atoms with Crippen molar-refractivity contribution in [1.29, 1.82) is 0 Å². The first-order valence-electron chi connectivity index (χ1n) is 5.92. The molecule has 0 aliphatic heterocycles. The third-order valence-corrected chi connectivity index (χ3v) is 4.89. The van der Waals surface area contributed by atoms with Crippen LogP contribution < -0.4 is 0 Å². The average molecular weight is 198 g/mol. The zero-order valence-corrected chi connectivity index (χ0v) is 9.60. The van der Waals surface area contributed by atoms with Gasteiger partial charge in [0.05, 0.1) is 0 Å². The molecule has 2 saturated carbocycles. The van der Waals surface area contributed by atoms with E-state index in [9.17, 15) is 0 Å². The molecule has 0 spiro atoms. The molecule has 0 bridgehead atoms. The highest BCUT2D eigenvalue weighted by atomic mass is 32.1. The first kappa shape index (κ1) is 9.89. The van der Waals surface area contributed by atoms with Gasteiger partial charge < -0.3 is 0 Å². The van der Waals surface area contributed by atoms with Crippen LogP contribution in [0.2, 0.25) is 0 Å². The number of hydrogen-bond donors (Lipinski definition) is 1. The number of thiol groups is 1. The van der Waals surface area contributed by atoms with Crippen LogP contribution in [-0.2, 0) is 0 Å². The van der Waals surface area contributed by atoms with Crippen molar-refractivity contribution in [2.24, 2.45) is 23.7 Å². The summed E-state index contributed by atoms with van der Waals surface area (Å²) in [7, 11) is 0. The van der Waals surface area contributed by atoms with Gasteiger partial charge in [-0.2, -0.15) is 12.6 Å². The molecule has 0 N–H and O–H groups in total. The molecule has 1 heteroatoms. The van der Waals surface area contributed by atoms with Crippen molar-refractivity contribution in [2.75, 3.05) is 5.75 Å². The van der Waals surface area contributed by atoms with Crippen LogP contribution in [0.1, 0.15) is 45.4 Å². The van der Waals surface area contributed by atoms with E-state index in [-0.39, 0.29) is 0 Å². The highest BCUT2D eigenvalue weighted by Gasteiger charge is 2.35. The summed E-state index contributed by atoms with van der Waals surface area (Å²) < 4.78 is 0. The molecule has 0 radical (unpaired) electrons. The first-order valence-corrected chi connectivity index (χ1v) is 6.55. The monoisotopic (exact) mass is 198 g/mol. The maximum absolute atomic E-state index is 4.42. The van der Waals surface area contributed by atoms with E-state index in [2.05, 4.69) is 19.6 Å². The summed E-state index contributed by atoms with van der Waals surface area (Å²) in [6.07, 6.45) is 8.95. The van der Waals surface area contributed by atoms with E-state index in [1.54, 1.807) is 0 Å². The molecular formula is C12H22S. The van der Waals surface area contributed by atoms with Gasteiger partial charge in [-0.05, 0) is 55.1 Å². The molecule has 4 unspecified atom stereocenters. The lowest BCUT2D eigenvalue weighted by atomic mass is 9.83. The molecule has 2 fully saturated rings. The van der Waals surface area contributed by atoms with Gasteiger partial charge in [-0.25, -0.2) is 0 Å². The summed E-state index contributed by atoms with van der Waals surface area (Å²) in [6.45, 7) is 2.46. The van der Waals surface area contributed by atoms with Crippen molar-refractivity contribution >= 4 is 12.6 Å². The van der Waals surface area contributed by atoms with E-state index in [0.29, 0.717) is 0 Å². The minimum absolute atomic E-state index is 0.945. The summed E-state index contributed by atoms with van der Waals surface area (Å²) in [4.78, 5) is 0. The van der Waals surface area contributed by atoms with E-state index >= 15 is 0 Å². The molecule has 0 aromatic heterocycles. The summed E-state index contributed by atoms with van der Waals surface area (Å²) in [6, 6.07) is 0. The zero-order chi connectivity index (χ0) is 9.26. The molecule has 76 valence electrons. The Balaban J connectivity index is 1.88. The van der Waals surface area contributed by atoms with Crippen LogP contribution >= 0.6 is 12.6 Å². The van der Waals surface area contributed by atoms with Gasteiger partial charge in [-0.15, -0.1) is 0 Å². The minimum Gasteiger partial charge on any atom is -0.179 e. The number of hydrogen-bond acceptors (Lipinski definition) is 1. The average Bonchev–Trinajstić information content (AvgIpc) is 2.71. The molecule has 2 aliphatic carbocycles. The lowest BCUT2D eigenvalue weighted by molar-refractivity contribution is 0.274. The fourth-order valence-corrected chi connectivity index (χ4v) is 3.87. The third kappa shape index (κ3) is 2.06. The van der Waals surface area contributed by atoms with E-state index in [1.165, 1.54) is 38.5 Å². The SMILES string of the molecule is CC1CCCC1C1CCC(CS)C1. The van der Waals surface area contributed by atoms with E-state index in [4.69, 9.17) is 0 Å². The quantitative estimate of drug-likeness (QED) is 0.642. The van der Waals surface area contributed by atoms with Crippen molar-refractivity contribution in [1.82, 2.24) is 0 Å². The smallest absolute Gasteiger partial charge is 0.00694 e. The second-order valence-electron chi connectivity index (χ2n) is 5.19. The topological polar surface area (TPSA) is 0 Å². The highest BCUT2D eigenvalue weighted by molar-refractivity contribution is 7.80. The van der Waals surface area contributed by atoms with Crippen molar-refractivity contribution in [3.63, 3.8) is 0 Å². The fraction of sp³-hybridized carbons (Fsp3) is 1.00. The highest BCUT2D eigenvalue weighted by Crippen LogP contribution is 2.45. The van der Waals surface area contributed by atoms with Crippen molar-refractivity contribution < 1.29 is 0 Å². The lowest BCUT2D eigenvalue weighted by Crippen LogP contribution is -2.14. The molecule has 0 heterocycles. The molecule has 13 heavy (non-hydrogen) atoms. The summed E-state index contributed by atoms with van der Waals surface area (Å²) in [5.41, 5.74) is 0. The summed E-state index contributed by atoms with van der Waals surface area (Å²) in [5, 5.41) is 0. The molecule has 0 aromatic carbocycles. The normalized spacial score (nSPS) is 45.7. The summed E-state index contributed by atoms with van der Waals surface area (Å²) in [5.74, 6) is 5.22. The van der Waals surface area contributed by atoms with Crippen LogP contribution in [0.25, 0.3) is 0 Å². The molecule has 2 rings (SSSR count). The largest absolute Gasteiger partial charge is 0.179 e. The van der Waals surface area contributed by atoms with E-state index in [1.807, 2.05) is 0 Å². The number of rotatable bonds is 2. The molecule has 0 aromatic rings. The Morgan fingerprint density at radius 3 is 2.54 bits per heavy atom. The van der Waals surface area contributed by atoms with Gasteiger partial charge in [-0.3, -0.25) is 0 Å². The van der Waals surface area contributed by atoms with Crippen molar-refractivity contribution in [2.45, 2.75) is 45.4 Å². The molecule has 0 nitrogen and oxygen atoms in total. The van der Waals surface area contributed by atoms with Gasteiger partial charge in [0.2, 0.25) is 0 Å². The van der Waals surface area contributed by atoms with Crippen LogP contribution in [0.5, 0.6) is 0 Å². The predicted octanol–water partition coefficient (Wildman–Crippen LogP) is 3.77. The van der Waals surface area contributed by atoms with Gasteiger partial charge >= 0.3 is 0 Å². The van der Waals surface area contributed by atoms with E-state index in [0.717, 1.165) is 29.4 Å². The van der Waals surface area contributed by atoms with Gasteiger partial charge in [0.1, 0.15) is 0 Å². The molecule has 0 amide bonds. The second kappa shape index (κ2) is 4.25. The Labute approximate surface area is 87.9 Å². The Bertz CT molecular complexity index is 167. The van der Waals surface area contributed by atoms with Crippen LogP contribution in [-0.4, -0.2) is 5.75 Å². The van der Waals surface area contributed by atoms with Crippen LogP contribution in [0, 0.1) is 23.7 Å². The fourth-order valence-electron chi connectivity index (χ4n) is 3.54.